The number of anilines is 1. The molecule has 0 aliphatic rings. The Hall–Kier alpha value is -3.62. The summed E-state index contributed by atoms with van der Waals surface area (Å²) in [5.41, 5.74) is 3.47. The zero-order chi connectivity index (χ0) is 27.0. The van der Waals surface area contributed by atoms with Gasteiger partial charge in [-0.15, -0.1) is 0 Å². The van der Waals surface area contributed by atoms with Gasteiger partial charge in [-0.3, -0.25) is 9.59 Å². The molecule has 0 heterocycles. The van der Waals surface area contributed by atoms with Gasteiger partial charge < -0.3 is 24.6 Å². The molecule has 0 aromatic heterocycles. The standard InChI is InChI=1S/C31H35NO6/c33-17-15-32(16-19-37-21-22-38-20-18-34)29-13-11-25(12-14-29)28(23-30(35)26-7-3-1-4-8-26)24-31(36)27-9-5-2-6-10-27/h1-14,23,33-34H,15-22,24H2/b28-23+. The van der Waals surface area contributed by atoms with Crippen molar-refractivity contribution in [1.29, 1.82) is 0 Å². The fraction of sp³-hybridized carbons (Fsp3) is 0.290. The maximum absolute atomic E-state index is 13.0. The van der Waals surface area contributed by atoms with Crippen molar-refractivity contribution >= 4 is 22.8 Å². The van der Waals surface area contributed by atoms with E-state index in [0.29, 0.717) is 49.6 Å². The molecule has 0 fully saturated rings. The van der Waals surface area contributed by atoms with Crippen LogP contribution in [0.2, 0.25) is 0 Å². The van der Waals surface area contributed by atoms with Gasteiger partial charge in [0.2, 0.25) is 0 Å². The second-order valence-electron chi connectivity index (χ2n) is 8.57. The molecule has 3 aromatic rings. The highest BCUT2D eigenvalue weighted by Gasteiger charge is 2.14. The topological polar surface area (TPSA) is 96.3 Å². The number of carbonyl (C=O) groups is 2. The average Bonchev–Trinajstić information content (AvgIpc) is 2.96. The van der Waals surface area contributed by atoms with E-state index in [0.717, 1.165) is 11.3 Å². The average molecular weight is 518 g/mol. The van der Waals surface area contributed by atoms with Gasteiger partial charge in [0.05, 0.1) is 39.6 Å². The Morgan fingerprint density at radius 3 is 1.87 bits per heavy atom. The number of nitrogens with zero attached hydrogens (tertiary/aromatic N) is 1. The smallest absolute Gasteiger partial charge is 0.186 e. The van der Waals surface area contributed by atoms with Crippen LogP contribution in [0.15, 0.2) is 91.0 Å². The predicted octanol–water partition coefficient (Wildman–Crippen LogP) is 4.05. The van der Waals surface area contributed by atoms with E-state index < -0.39 is 0 Å². The van der Waals surface area contributed by atoms with E-state index in [-0.39, 0.29) is 37.8 Å². The molecule has 0 unspecified atom stereocenters. The molecule has 200 valence electrons. The van der Waals surface area contributed by atoms with Crippen molar-refractivity contribution in [3.05, 3.63) is 108 Å². The highest BCUT2D eigenvalue weighted by molar-refractivity contribution is 6.11. The van der Waals surface area contributed by atoms with Crippen LogP contribution in [0, 0.1) is 0 Å². The second-order valence-corrected chi connectivity index (χ2v) is 8.57. The Morgan fingerprint density at radius 2 is 1.26 bits per heavy atom. The van der Waals surface area contributed by atoms with Gasteiger partial charge in [0.1, 0.15) is 0 Å². The fourth-order valence-corrected chi connectivity index (χ4v) is 3.92. The molecule has 0 aliphatic heterocycles. The number of aliphatic hydroxyl groups excluding tert-OH is 2. The van der Waals surface area contributed by atoms with Gasteiger partial charge in [-0.1, -0.05) is 72.8 Å². The van der Waals surface area contributed by atoms with Crippen LogP contribution in [0.4, 0.5) is 5.69 Å². The van der Waals surface area contributed by atoms with Crippen molar-refractivity contribution in [2.45, 2.75) is 6.42 Å². The molecule has 3 rings (SSSR count). The minimum Gasteiger partial charge on any atom is -0.395 e. The predicted molar refractivity (Wildman–Crippen MR) is 149 cm³/mol. The molecule has 7 heteroatoms. The quantitative estimate of drug-likeness (QED) is 0.158. The Labute approximate surface area is 223 Å². The largest absolute Gasteiger partial charge is 0.395 e. The summed E-state index contributed by atoms with van der Waals surface area (Å²) in [7, 11) is 0. The van der Waals surface area contributed by atoms with Crippen LogP contribution in [-0.2, 0) is 9.47 Å². The number of allylic oxidation sites excluding steroid dienone is 2. The monoisotopic (exact) mass is 517 g/mol. The highest BCUT2D eigenvalue weighted by atomic mass is 16.5. The van der Waals surface area contributed by atoms with Gasteiger partial charge in [-0.25, -0.2) is 0 Å². The van der Waals surface area contributed by atoms with E-state index in [2.05, 4.69) is 0 Å². The summed E-state index contributed by atoms with van der Waals surface area (Å²) in [5.74, 6) is -0.226. The zero-order valence-corrected chi connectivity index (χ0v) is 21.5. The lowest BCUT2D eigenvalue weighted by Gasteiger charge is -2.24. The van der Waals surface area contributed by atoms with Crippen LogP contribution in [-0.4, -0.2) is 74.5 Å². The molecule has 7 nitrogen and oxygen atoms in total. The molecule has 0 saturated carbocycles. The zero-order valence-electron chi connectivity index (χ0n) is 21.5. The van der Waals surface area contributed by atoms with Gasteiger partial charge in [0.15, 0.2) is 11.6 Å². The first-order chi connectivity index (χ1) is 18.6. The normalized spacial score (nSPS) is 11.4. The van der Waals surface area contributed by atoms with E-state index in [1.807, 2.05) is 65.6 Å². The molecule has 3 aromatic carbocycles. The van der Waals surface area contributed by atoms with Gasteiger partial charge in [0, 0.05) is 36.3 Å². The maximum Gasteiger partial charge on any atom is 0.186 e. The molecular weight excluding hydrogens is 482 g/mol. The summed E-state index contributed by atoms with van der Waals surface area (Å²) in [6.07, 6.45) is 1.64. The number of aliphatic hydroxyl groups is 2. The minimum absolute atomic E-state index is 0.0102. The first-order valence-corrected chi connectivity index (χ1v) is 12.7. The third kappa shape index (κ3) is 9.36. The number of ether oxygens (including phenoxy) is 2. The number of hydrogen-bond acceptors (Lipinski definition) is 7. The van der Waals surface area contributed by atoms with Gasteiger partial charge >= 0.3 is 0 Å². The van der Waals surface area contributed by atoms with Crippen molar-refractivity contribution < 1.29 is 29.3 Å². The number of Topliss-reactive ketones (excluding diaryl/α,β-unsaturated/α-hetero) is 1. The van der Waals surface area contributed by atoms with Crippen LogP contribution in [0.1, 0.15) is 32.7 Å². The van der Waals surface area contributed by atoms with Gasteiger partial charge in [-0.05, 0) is 29.3 Å². The Bertz CT molecular complexity index is 1150. The molecule has 2 N–H and O–H groups in total. The molecule has 0 radical (unpaired) electrons. The number of benzene rings is 3. The minimum atomic E-state index is -0.160. The van der Waals surface area contributed by atoms with Crippen molar-refractivity contribution in [3.63, 3.8) is 0 Å². The molecule has 0 saturated heterocycles. The van der Waals surface area contributed by atoms with Crippen LogP contribution in [0.25, 0.3) is 5.57 Å². The molecule has 0 atom stereocenters. The molecule has 0 spiro atoms. The van der Waals surface area contributed by atoms with Crippen LogP contribution >= 0.6 is 0 Å². The summed E-state index contributed by atoms with van der Waals surface area (Å²) in [5, 5.41) is 18.3. The Morgan fingerprint density at radius 1 is 0.658 bits per heavy atom. The van der Waals surface area contributed by atoms with Crippen LogP contribution in [0.3, 0.4) is 0 Å². The second kappa shape index (κ2) is 16.3. The lowest BCUT2D eigenvalue weighted by Crippen LogP contribution is -2.30. The first-order valence-electron chi connectivity index (χ1n) is 12.7. The van der Waals surface area contributed by atoms with E-state index in [9.17, 15) is 14.7 Å². The summed E-state index contributed by atoms with van der Waals surface area (Å²) < 4.78 is 10.8. The van der Waals surface area contributed by atoms with Crippen molar-refractivity contribution in [1.82, 2.24) is 0 Å². The third-order valence-electron chi connectivity index (χ3n) is 5.90. The first kappa shape index (κ1) is 28.9. The number of ketones is 2. The van der Waals surface area contributed by atoms with Gasteiger partial charge in [0.25, 0.3) is 0 Å². The molecule has 0 amide bonds. The lowest BCUT2D eigenvalue weighted by atomic mass is 9.95. The Balaban J connectivity index is 1.75. The van der Waals surface area contributed by atoms with E-state index in [1.54, 1.807) is 30.3 Å². The number of rotatable bonds is 17. The summed E-state index contributed by atoms with van der Waals surface area (Å²) >= 11 is 0. The lowest BCUT2D eigenvalue weighted by molar-refractivity contribution is 0.0350. The summed E-state index contributed by atoms with van der Waals surface area (Å²) in [4.78, 5) is 28.0. The molecular formula is C31H35NO6. The Kier molecular flexibility index (Phi) is 12.4. The fourth-order valence-electron chi connectivity index (χ4n) is 3.92. The van der Waals surface area contributed by atoms with Crippen LogP contribution in [0.5, 0.6) is 0 Å². The highest BCUT2D eigenvalue weighted by Crippen LogP contribution is 2.25. The van der Waals surface area contributed by atoms with Gasteiger partial charge in [-0.2, -0.15) is 0 Å². The molecule has 38 heavy (non-hydrogen) atoms. The SMILES string of the molecule is O=C(/C=C(\CC(=O)c1ccccc1)c1ccc(N(CCO)CCOCCOCCO)cc1)c1ccccc1. The van der Waals surface area contributed by atoms with E-state index >= 15 is 0 Å². The maximum atomic E-state index is 13.0. The molecule has 0 aliphatic carbocycles. The van der Waals surface area contributed by atoms with E-state index in [1.165, 1.54) is 0 Å². The van der Waals surface area contributed by atoms with E-state index in [4.69, 9.17) is 14.6 Å². The van der Waals surface area contributed by atoms with Crippen LogP contribution < -0.4 is 4.90 Å². The molecule has 0 bridgehead atoms. The summed E-state index contributed by atoms with van der Waals surface area (Å²) in [6, 6.07) is 25.7. The van der Waals surface area contributed by atoms with Crippen molar-refractivity contribution in [3.8, 4) is 0 Å². The number of carbonyl (C=O) groups excluding carboxylic acids is 2. The number of hydrogen-bond donors (Lipinski definition) is 2. The third-order valence-corrected chi connectivity index (χ3v) is 5.90. The summed E-state index contributed by atoms with van der Waals surface area (Å²) in [6.45, 7) is 2.55. The van der Waals surface area contributed by atoms with Crippen molar-refractivity contribution in [2.24, 2.45) is 0 Å². The van der Waals surface area contributed by atoms with Crippen molar-refractivity contribution in [2.75, 3.05) is 57.6 Å².